The molecule has 104 valence electrons. The number of pyridine rings is 1. The first-order valence-corrected chi connectivity index (χ1v) is 6.63. The number of carbonyl (C=O) groups is 1. The van der Waals surface area contributed by atoms with Gasteiger partial charge in [-0.25, -0.2) is 4.98 Å². The topological polar surface area (TPSA) is 51.2 Å². The van der Waals surface area contributed by atoms with Crippen molar-refractivity contribution in [2.75, 3.05) is 5.32 Å². The van der Waals surface area contributed by atoms with Crippen molar-refractivity contribution >= 4 is 11.7 Å². The van der Waals surface area contributed by atoms with Crippen molar-refractivity contribution in [1.82, 2.24) is 4.98 Å². The number of hydrogen-bond donors (Lipinski definition) is 1. The quantitative estimate of drug-likeness (QED) is 0.906. The average Bonchev–Trinajstić information content (AvgIpc) is 2.47. The maximum absolute atomic E-state index is 11.5. The van der Waals surface area contributed by atoms with Gasteiger partial charge in [0.2, 0.25) is 5.91 Å². The number of nitrogens with zero attached hydrogens (tertiary/aromatic N) is 1. The molecule has 1 aromatic carbocycles. The molecule has 0 fully saturated rings. The second kappa shape index (κ2) is 6.70. The highest BCUT2D eigenvalue weighted by Crippen LogP contribution is 2.22. The summed E-state index contributed by atoms with van der Waals surface area (Å²) >= 11 is 0. The normalized spacial score (nSPS) is 10.1. The molecule has 0 saturated carbocycles. The number of hydrogen-bond acceptors (Lipinski definition) is 3. The van der Waals surface area contributed by atoms with Gasteiger partial charge in [0.15, 0.2) is 11.6 Å². The summed E-state index contributed by atoms with van der Waals surface area (Å²) < 4.78 is 5.77. The number of ether oxygens (including phenoxy) is 1. The zero-order chi connectivity index (χ0) is 14.4. The third-order valence-electron chi connectivity index (χ3n) is 2.99. The van der Waals surface area contributed by atoms with Gasteiger partial charge in [0, 0.05) is 12.6 Å². The fourth-order valence-corrected chi connectivity index (χ4v) is 1.75. The zero-order valence-electron chi connectivity index (χ0n) is 11.7. The first kappa shape index (κ1) is 14.1. The smallest absolute Gasteiger partial charge is 0.225 e. The number of anilines is 1. The molecule has 4 heteroatoms. The molecule has 1 amide bonds. The van der Waals surface area contributed by atoms with Gasteiger partial charge >= 0.3 is 0 Å². The molecule has 2 rings (SSSR count). The molecular formula is C16H18N2O2. The molecule has 0 unspecified atom stereocenters. The Morgan fingerprint density at radius 1 is 1.25 bits per heavy atom. The van der Waals surface area contributed by atoms with Gasteiger partial charge in [-0.05, 0) is 30.2 Å². The van der Waals surface area contributed by atoms with Crippen LogP contribution in [0.1, 0.15) is 24.5 Å². The van der Waals surface area contributed by atoms with Crippen LogP contribution < -0.4 is 10.1 Å². The van der Waals surface area contributed by atoms with Crippen LogP contribution in [0.25, 0.3) is 0 Å². The summed E-state index contributed by atoms with van der Waals surface area (Å²) in [4.78, 5) is 15.6. The molecule has 0 atom stereocenters. The summed E-state index contributed by atoms with van der Waals surface area (Å²) in [6.07, 6.45) is 2.04. The Labute approximate surface area is 118 Å². The molecule has 1 heterocycles. The van der Waals surface area contributed by atoms with Crippen molar-refractivity contribution in [3.63, 3.8) is 0 Å². The first-order valence-electron chi connectivity index (χ1n) is 6.63. The van der Waals surface area contributed by atoms with Crippen LogP contribution in [-0.4, -0.2) is 10.9 Å². The monoisotopic (exact) mass is 270 g/mol. The van der Waals surface area contributed by atoms with Gasteiger partial charge in [-0.1, -0.05) is 31.2 Å². The van der Waals surface area contributed by atoms with E-state index >= 15 is 0 Å². The highest BCUT2D eigenvalue weighted by atomic mass is 16.5. The lowest BCUT2D eigenvalue weighted by Gasteiger charge is -2.12. The molecule has 0 aliphatic heterocycles. The van der Waals surface area contributed by atoms with Crippen molar-refractivity contribution in [3.8, 4) is 5.75 Å². The van der Waals surface area contributed by atoms with Crippen LogP contribution in [0.3, 0.4) is 0 Å². The number of rotatable bonds is 5. The SMILES string of the molecule is CCC(=O)Nc1ncccc1OCc1ccccc1C. The van der Waals surface area contributed by atoms with Gasteiger partial charge in [-0.3, -0.25) is 4.79 Å². The first-order chi connectivity index (χ1) is 9.70. The summed E-state index contributed by atoms with van der Waals surface area (Å²) in [7, 11) is 0. The lowest BCUT2D eigenvalue weighted by atomic mass is 10.1. The summed E-state index contributed by atoms with van der Waals surface area (Å²) in [5.41, 5.74) is 2.29. The van der Waals surface area contributed by atoms with Crippen LogP contribution in [0.4, 0.5) is 5.82 Å². The Kier molecular flexibility index (Phi) is 4.71. The van der Waals surface area contributed by atoms with E-state index < -0.39 is 0 Å². The van der Waals surface area contributed by atoms with Crippen molar-refractivity contribution < 1.29 is 9.53 Å². The molecule has 1 aromatic heterocycles. The standard InChI is InChI=1S/C16H18N2O2/c1-3-15(19)18-16-14(9-6-10-17-16)20-11-13-8-5-4-7-12(13)2/h4-10H,3,11H2,1-2H3,(H,17,18,19). The predicted octanol–water partition coefficient (Wildman–Crippen LogP) is 3.32. The van der Waals surface area contributed by atoms with Crippen LogP contribution >= 0.6 is 0 Å². The van der Waals surface area contributed by atoms with E-state index in [2.05, 4.69) is 10.3 Å². The zero-order valence-corrected chi connectivity index (χ0v) is 11.7. The highest BCUT2D eigenvalue weighted by Gasteiger charge is 2.08. The Hall–Kier alpha value is -2.36. The van der Waals surface area contributed by atoms with Crippen molar-refractivity contribution in [2.24, 2.45) is 0 Å². The third-order valence-corrected chi connectivity index (χ3v) is 2.99. The van der Waals surface area contributed by atoms with Crippen LogP contribution in [0.15, 0.2) is 42.6 Å². The fraction of sp³-hybridized carbons (Fsp3) is 0.250. The van der Waals surface area contributed by atoms with Gasteiger partial charge in [-0.2, -0.15) is 0 Å². The molecule has 0 saturated heterocycles. The van der Waals surface area contributed by atoms with E-state index in [1.807, 2.05) is 31.2 Å². The number of carbonyl (C=O) groups excluding carboxylic acids is 1. The minimum atomic E-state index is -0.0792. The van der Waals surface area contributed by atoms with Crippen molar-refractivity contribution in [3.05, 3.63) is 53.7 Å². The van der Waals surface area contributed by atoms with Crippen LogP contribution in [0.5, 0.6) is 5.75 Å². The maximum atomic E-state index is 11.5. The Bertz CT molecular complexity index is 597. The Morgan fingerprint density at radius 2 is 2.05 bits per heavy atom. The minimum absolute atomic E-state index is 0.0792. The maximum Gasteiger partial charge on any atom is 0.225 e. The van der Waals surface area contributed by atoms with Crippen LogP contribution in [0.2, 0.25) is 0 Å². The van der Waals surface area contributed by atoms with E-state index in [0.717, 1.165) is 5.56 Å². The number of aromatic nitrogens is 1. The minimum Gasteiger partial charge on any atom is -0.485 e. The third kappa shape index (κ3) is 3.57. The molecule has 4 nitrogen and oxygen atoms in total. The Balaban J connectivity index is 2.10. The lowest BCUT2D eigenvalue weighted by Crippen LogP contribution is -2.12. The second-order valence-electron chi connectivity index (χ2n) is 4.47. The predicted molar refractivity (Wildman–Crippen MR) is 78.7 cm³/mol. The molecule has 0 aliphatic rings. The van der Waals surface area contributed by atoms with Crippen molar-refractivity contribution in [2.45, 2.75) is 26.9 Å². The Morgan fingerprint density at radius 3 is 2.80 bits per heavy atom. The molecule has 1 N–H and O–H groups in total. The van der Waals surface area contributed by atoms with E-state index in [1.54, 1.807) is 25.3 Å². The van der Waals surface area contributed by atoms with E-state index in [-0.39, 0.29) is 5.91 Å². The average molecular weight is 270 g/mol. The van der Waals surface area contributed by atoms with Gasteiger partial charge in [0.1, 0.15) is 6.61 Å². The van der Waals surface area contributed by atoms with E-state index in [1.165, 1.54) is 5.56 Å². The van der Waals surface area contributed by atoms with Gasteiger partial charge < -0.3 is 10.1 Å². The van der Waals surface area contributed by atoms with E-state index in [9.17, 15) is 4.79 Å². The molecule has 2 aromatic rings. The van der Waals surface area contributed by atoms with E-state index in [4.69, 9.17) is 4.74 Å². The fourth-order valence-electron chi connectivity index (χ4n) is 1.75. The number of amides is 1. The van der Waals surface area contributed by atoms with E-state index in [0.29, 0.717) is 24.6 Å². The number of nitrogens with one attached hydrogen (secondary N) is 1. The van der Waals surface area contributed by atoms with Gasteiger partial charge in [-0.15, -0.1) is 0 Å². The number of benzene rings is 1. The molecular weight excluding hydrogens is 252 g/mol. The second-order valence-corrected chi connectivity index (χ2v) is 4.47. The summed E-state index contributed by atoms with van der Waals surface area (Å²) in [5.74, 6) is 0.968. The van der Waals surface area contributed by atoms with Gasteiger partial charge in [0.25, 0.3) is 0 Å². The highest BCUT2D eigenvalue weighted by molar-refractivity contribution is 5.90. The molecule has 0 radical (unpaired) electrons. The van der Waals surface area contributed by atoms with Crippen LogP contribution in [0, 0.1) is 6.92 Å². The van der Waals surface area contributed by atoms with Crippen molar-refractivity contribution in [1.29, 1.82) is 0 Å². The number of aryl methyl sites for hydroxylation is 1. The summed E-state index contributed by atoms with van der Waals surface area (Å²) in [6, 6.07) is 11.6. The largest absolute Gasteiger partial charge is 0.485 e. The summed E-state index contributed by atoms with van der Waals surface area (Å²) in [5, 5.41) is 2.74. The van der Waals surface area contributed by atoms with Crippen LogP contribution in [-0.2, 0) is 11.4 Å². The molecule has 20 heavy (non-hydrogen) atoms. The van der Waals surface area contributed by atoms with Gasteiger partial charge in [0.05, 0.1) is 0 Å². The molecule has 0 spiro atoms. The summed E-state index contributed by atoms with van der Waals surface area (Å²) in [6.45, 7) is 4.29. The molecule has 0 aliphatic carbocycles. The lowest BCUT2D eigenvalue weighted by molar-refractivity contribution is -0.115. The molecule has 0 bridgehead atoms.